The number of hydrogen-bond donors (Lipinski definition) is 0. The van der Waals surface area contributed by atoms with E-state index in [1.807, 2.05) is 20.8 Å². The van der Waals surface area contributed by atoms with Crippen LogP contribution in [-0.4, -0.2) is 36.9 Å². The molecule has 3 heterocycles. The maximum Gasteiger partial charge on any atom is 0.312 e. The normalized spacial score (nSPS) is 41.1. The molecule has 100 valence electrons. The number of esters is 2. The lowest BCUT2D eigenvalue weighted by Gasteiger charge is -2.24. The van der Waals surface area contributed by atoms with Crippen LogP contribution in [0.3, 0.4) is 0 Å². The zero-order valence-electron chi connectivity index (χ0n) is 10.8. The van der Waals surface area contributed by atoms with Gasteiger partial charge in [-0.2, -0.15) is 0 Å². The van der Waals surface area contributed by atoms with Crippen LogP contribution in [0.15, 0.2) is 0 Å². The van der Waals surface area contributed by atoms with Crippen LogP contribution < -0.4 is 0 Å². The van der Waals surface area contributed by atoms with Crippen molar-refractivity contribution in [2.24, 2.45) is 17.3 Å². The summed E-state index contributed by atoms with van der Waals surface area (Å²) < 4.78 is 16.4. The third-order valence-corrected chi connectivity index (χ3v) is 4.01. The molecule has 18 heavy (non-hydrogen) atoms. The van der Waals surface area contributed by atoms with Crippen molar-refractivity contribution in [1.29, 1.82) is 0 Å². The summed E-state index contributed by atoms with van der Waals surface area (Å²) in [6.07, 6.45) is 0.386. The van der Waals surface area contributed by atoms with Gasteiger partial charge in [0.25, 0.3) is 0 Å². The molecule has 0 saturated carbocycles. The van der Waals surface area contributed by atoms with Crippen molar-refractivity contribution in [2.75, 3.05) is 6.61 Å². The van der Waals surface area contributed by atoms with Crippen LogP contribution in [0, 0.1) is 17.3 Å². The summed E-state index contributed by atoms with van der Waals surface area (Å²) in [7, 11) is 0. The fourth-order valence-electron chi connectivity index (χ4n) is 2.97. The van der Waals surface area contributed by atoms with E-state index in [2.05, 4.69) is 0 Å². The Bertz CT molecular complexity index is 397. The molecule has 0 amide bonds. The van der Waals surface area contributed by atoms with Gasteiger partial charge in [0, 0.05) is 0 Å². The summed E-state index contributed by atoms with van der Waals surface area (Å²) in [4.78, 5) is 23.3. The minimum Gasteiger partial charge on any atom is -0.465 e. The average molecular weight is 254 g/mol. The average Bonchev–Trinajstić information content (AvgIpc) is 2.86. The Kier molecular flexibility index (Phi) is 2.46. The van der Waals surface area contributed by atoms with Crippen molar-refractivity contribution in [1.82, 2.24) is 0 Å². The molecule has 5 atom stereocenters. The zero-order valence-corrected chi connectivity index (χ0v) is 10.8. The van der Waals surface area contributed by atoms with E-state index in [9.17, 15) is 9.59 Å². The lowest BCUT2D eigenvalue weighted by Crippen LogP contribution is -2.36. The molecule has 3 aliphatic rings. The van der Waals surface area contributed by atoms with Crippen LogP contribution in [0.25, 0.3) is 0 Å². The molecule has 3 saturated heterocycles. The minimum absolute atomic E-state index is 0.00370. The number of hydrogen-bond acceptors (Lipinski definition) is 5. The zero-order chi connectivity index (χ0) is 13.1. The molecule has 0 radical (unpaired) electrons. The van der Waals surface area contributed by atoms with Crippen molar-refractivity contribution >= 4 is 11.9 Å². The second-order valence-corrected chi connectivity index (χ2v) is 6.40. The third kappa shape index (κ3) is 1.64. The van der Waals surface area contributed by atoms with E-state index in [-0.39, 0.29) is 48.7 Å². The van der Waals surface area contributed by atoms with Gasteiger partial charge in [0.2, 0.25) is 0 Å². The standard InChI is InChI=1S/C13H18O5/c1-13(2,3)12(15)16-5-7-8-4-6-9(17-8)10(7)18-11(6)14/h6-10H,4-5H2,1-3H3. The molecule has 5 unspecified atom stereocenters. The smallest absolute Gasteiger partial charge is 0.312 e. The van der Waals surface area contributed by atoms with E-state index in [1.165, 1.54) is 0 Å². The van der Waals surface area contributed by atoms with Gasteiger partial charge in [-0.05, 0) is 27.2 Å². The van der Waals surface area contributed by atoms with Gasteiger partial charge >= 0.3 is 11.9 Å². The van der Waals surface area contributed by atoms with Gasteiger partial charge in [-0.25, -0.2) is 0 Å². The predicted molar refractivity (Wildman–Crippen MR) is 60.6 cm³/mol. The van der Waals surface area contributed by atoms with E-state index in [0.717, 1.165) is 0 Å². The van der Waals surface area contributed by atoms with E-state index in [0.29, 0.717) is 6.42 Å². The van der Waals surface area contributed by atoms with Gasteiger partial charge in [0.15, 0.2) is 0 Å². The highest BCUT2D eigenvalue weighted by atomic mass is 16.6. The Morgan fingerprint density at radius 3 is 2.78 bits per heavy atom. The van der Waals surface area contributed by atoms with Crippen LogP contribution in [0.4, 0.5) is 0 Å². The highest BCUT2D eigenvalue weighted by molar-refractivity contribution is 5.77. The molecule has 3 aliphatic heterocycles. The molecule has 5 nitrogen and oxygen atoms in total. The van der Waals surface area contributed by atoms with Crippen LogP contribution in [0.2, 0.25) is 0 Å². The minimum atomic E-state index is -0.507. The van der Waals surface area contributed by atoms with Gasteiger partial charge in [0.05, 0.1) is 23.4 Å². The third-order valence-electron chi connectivity index (χ3n) is 4.01. The molecule has 0 aromatic carbocycles. The first kappa shape index (κ1) is 12.0. The fraction of sp³-hybridized carbons (Fsp3) is 0.846. The Balaban J connectivity index is 1.63. The molecule has 0 spiro atoms. The molecular formula is C13H18O5. The summed E-state index contributed by atoms with van der Waals surface area (Å²) in [5.74, 6) is -0.470. The lowest BCUT2D eigenvalue weighted by molar-refractivity contribution is -0.156. The Labute approximate surface area is 106 Å². The summed E-state index contributed by atoms with van der Waals surface area (Å²) in [6, 6.07) is 0. The fourth-order valence-corrected chi connectivity index (χ4v) is 2.97. The van der Waals surface area contributed by atoms with Crippen molar-refractivity contribution < 1.29 is 23.8 Å². The molecule has 3 fully saturated rings. The quantitative estimate of drug-likeness (QED) is 0.685. The van der Waals surface area contributed by atoms with Crippen molar-refractivity contribution in [3.8, 4) is 0 Å². The van der Waals surface area contributed by atoms with Gasteiger partial charge in [-0.3, -0.25) is 9.59 Å². The monoisotopic (exact) mass is 254 g/mol. The van der Waals surface area contributed by atoms with E-state index < -0.39 is 5.41 Å². The van der Waals surface area contributed by atoms with Crippen LogP contribution in [0.5, 0.6) is 0 Å². The van der Waals surface area contributed by atoms with Crippen LogP contribution >= 0.6 is 0 Å². The van der Waals surface area contributed by atoms with Crippen molar-refractivity contribution in [3.63, 3.8) is 0 Å². The molecule has 3 rings (SSSR count). The van der Waals surface area contributed by atoms with Gasteiger partial charge < -0.3 is 14.2 Å². The van der Waals surface area contributed by atoms with Gasteiger partial charge in [-0.1, -0.05) is 0 Å². The molecule has 5 heteroatoms. The Morgan fingerprint density at radius 1 is 1.39 bits per heavy atom. The number of carbonyl (C=O) groups is 2. The molecule has 0 N–H and O–H groups in total. The van der Waals surface area contributed by atoms with E-state index in [4.69, 9.17) is 14.2 Å². The molecule has 2 bridgehead atoms. The summed E-state index contributed by atoms with van der Waals surface area (Å²) in [5, 5.41) is 0. The number of carbonyl (C=O) groups excluding carboxylic acids is 2. The summed E-state index contributed by atoms with van der Waals surface area (Å²) >= 11 is 0. The Hall–Kier alpha value is -1.10. The molecule has 0 aromatic heterocycles. The Morgan fingerprint density at radius 2 is 2.11 bits per heavy atom. The molecule has 0 aromatic rings. The second-order valence-electron chi connectivity index (χ2n) is 6.40. The maximum atomic E-state index is 11.7. The highest BCUT2D eigenvalue weighted by Gasteiger charge is 2.63. The number of ether oxygens (including phenoxy) is 3. The highest BCUT2D eigenvalue weighted by Crippen LogP contribution is 2.49. The van der Waals surface area contributed by atoms with E-state index >= 15 is 0 Å². The largest absolute Gasteiger partial charge is 0.465 e. The number of fused-ring (bicyclic) bond motifs is 1. The lowest BCUT2D eigenvalue weighted by atomic mass is 9.82. The van der Waals surface area contributed by atoms with Gasteiger partial charge in [-0.15, -0.1) is 0 Å². The number of rotatable bonds is 2. The first-order valence-corrected chi connectivity index (χ1v) is 6.41. The van der Waals surface area contributed by atoms with E-state index in [1.54, 1.807) is 0 Å². The first-order chi connectivity index (χ1) is 8.38. The topological polar surface area (TPSA) is 61.8 Å². The summed E-state index contributed by atoms with van der Waals surface area (Å²) in [5.41, 5.74) is -0.507. The molecule has 0 aliphatic carbocycles. The van der Waals surface area contributed by atoms with Gasteiger partial charge in [0.1, 0.15) is 18.8 Å². The summed E-state index contributed by atoms with van der Waals surface area (Å²) in [6.45, 7) is 5.73. The second kappa shape index (κ2) is 3.70. The van der Waals surface area contributed by atoms with Crippen molar-refractivity contribution in [2.45, 2.75) is 45.5 Å². The van der Waals surface area contributed by atoms with Crippen molar-refractivity contribution in [3.05, 3.63) is 0 Å². The van der Waals surface area contributed by atoms with Crippen LogP contribution in [0.1, 0.15) is 27.2 Å². The van der Waals surface area contributed by atoms with Crippen LogP contribution in [-0.2, 0) is 23.8 Å². The first-order valence-electron chi connectivity index (χ1n) is 6.41. The maximum absolute atomic E-state index is 11.7. The SMILES string of the molecule is CC(C)(C)C(=O)OCC1C2CC3C(=O)OC1C3O2. The predicted octanol–water partition coefficient (Wildman–Crippen LogP) is 0.905. The molecular weight excluding hydrogens is 236 g/mol.